The molecular formula is C12H21N2O+. The minimum atomic E-state index is 0.0797. The van der Waals surface area contributed by atoms with Crippen LogP contribution in [0.1, 0.15) is 13.3 Å². The molecule has 0 aromatic rings. The second-order valence-electron chi connectivity index (χ2n) is 4.56. The molecule has 0 unspecified atom stereocenters. The van der Waals surface area contributed by atoms with Gasteiger partial charge in [0, 0.05) is 5.57 Å². The fraction of sp³-hybridized carbons (Fsp3) is 0.583. The summed E-state index contributed by atoms with van der Waals surface area (Å²) in [6.07, 6.45) is 6.59. The Balaban J connectivity index is 2.23. The second kappa shape index (κ2) is 5.12. The summed E-state index contributed by atoms with van der Waals surface area (Å²) in [5, 5.41) is 2.95. The number of hydrogen-bond acceptors (Lipinski definition) is 1. The Kier molecular flexibility index (Phi) is 4.09. The third-order valence-corrected chi connectivity index (χ3v) is 2.92. The van der Waals surface area contributed by atoms with Gasteiger partial charge in [0.05, 0.1) is 33.7 Å². The van der Waals surface area contributed by atoms with E-state index in [0.717, 1.165) is 36.1 Å². The van der Waals surface area contributed by atoms with Gasteiger partial charge in [-0.05, 0) is 13.3 Å². The summed E-state index contributed by atoms with van der Waals surface area (Å²) in [6.45, 7) is 4.96. The summed E-state index contributed by atoms with van der Waals surface area (Å²) in [5.74, 6) is 0.0797. The highest BCUT2D eigenvalue weighted by atomic mass is 16.1. The molecule has 3 nitrogen and oxygen atoms in total. The van der Waals surface area contributed by atoms with Crippen molar-refractivity contribution >= 4 is 5.91 Å². The lowest BCUT2D eigenvalue weighted by atomic mass is 10.2. The second-order valence-corrected chi connectivity index (χ2v) is 4.56. The number of nitrogens with zero attached hydrogens (tertiary/aromatic N) is 1. The van der Waals surface area contributed by atoms with Crippen LogP contribution in [-0.4, -0.2) is 44.1 Å². The molecule has 0 radical (unpaired) electrons. The Bertz CT molecular complexity index is 290. The number of rotatable bonds is 5. The van der Waals surface area contributed by atoms with E-state index < -0.39 is 0 Å². The zero-order valence-corrected chi connectivity index (χ0v) is 9.92. The zero-order valence-electron chi connectivity index (χ0n) is 9.92. The molecule has 0 bridgehead atoms. The predicted molar refractivity (Wildman–Crippen MR) is 62.4 cm³/mol. The van der Waals surface area contributed by atoms with Gasteiger partial charge in [-0.1, -0.05) is 18.2 Å². The minimum Gasteiger partial charge on any atom is -0.347 e. The van der Waals surface area contributed by atoms with E-state index in [4.69, 9.17) is 0 Å². The fourth-order valence-corrected chi connectivity index (χ4v) is 1.36. The first kappa shape index (κ1) is 12.0. The summed E-state index contributed by atoms with van der Waals surface area (Å²) in [7, 11) is 4.34. The molecule has 0 aromatic heterocycles. The van der Waals surface area contributed by atoms with Crippen LogP contribution in [0.2, 0.25) is 0 Å². The maximum Gasteiger partial charge on any atom is 0.247 e. The summed E-state index contributed by atoms with van der Waals surface area (Å²) < 4.78 is 0.942. The van der Waals surface area contributed by atoms with Gasteiger partial charge in [0.2, 0.25) is 5.91 Å². The maximum absolute atomic E-state index is 11.6. The summed E-state index contributed by atoms with van der Waals surface area (Å²) in [4.78, 5) is 11.6. The van der Waals surface area contributed by atoms with Crippen LogP contribution < -0.4 is 5.32 Å². The quantitative estimate of drug-likeness (QED) is 0.675. The normalized spacial score (nSPS) is 15.3. The Labute approximate surface area is 92.0 Å². The molecule has 1 aliphatic carbocycles. The average molecular weight is 209 g/mol. The van der Waals surface area contributed by atoms with Crippen LogP contribution in [0.25, 0.3) is 0 Å². The number of allylic oxidation sites excluding steroid dienone is 3. The average Bonchev–Trinajstić information content (AvgIpc) is 2.70. The van der Waals surface area contributed by atoms with Crippen molar-refractivity contribution < 1.29 is 9.28 Å². The van der Waals surface area contributed by atoms with Crippen LogP contribution in [0.4, 0.5) is 0 Å². The number of nitrogens with one attached hydrogen (secondary N) is 1. The van der Waals surface area contributed by atoms with E-state index in [1.165, 1.54) is 0 Å². The molecule has 0 atom stereocenters. The van der Waals surface area contributed by atoms with E-state index in [0.29, 0.717) is 0 Å². The SMILES string of the molecule is CC[N+](C)(C)CCNC(=O)C1=CC=CC1. The van der Waals surface area contributed by atoms with Crippen molar-refractivity contribution in [1.29, 1.82) is 0 Å². The van der Waals surface area contributed by atoms with Gasteiger partial charge in [-0.15, -0.1) is 0 Å². The largest absolute Gasteiger partial charge is 0.347 e. The number of hydrogen-bond donors (Lipinski definition) is 1. The molecule has 84 valence electrons. The standard InChI is InChI=1S/C12H20N2O/c1-4-14(2,3)10-9-13-12(15)11-7-5-6-8-11/h5-7H,4,8-10H2,1-3H3/p+1. The molecule has 1 amide bonds. The van der Waals surface area contributed by atoms with Gasteiger partial charge in [-0.3, -0.25) is 4.79 Å². The molecule has 1 N–H and O–H groups in total. The first-order chi connectivity index (χ1) is 7.05. The number of likely N-dealkylation sites (N-methyl/N-ethyl adjacent to an activating group) is 1. The zero-order chi connectivity index (χ0) is 11.3. The number of quaternary nitrogens is 1. The molecule has 0 spiro atoms. The Morgan fingerprint density at radius 3 is 2.80 bits per heavy atom. The lowest BCUT2D eigenvalue weighted by Crippen LogP contribution is -2.45. The molecule has 3 heteroatoms. The molecule has 0 saturated carbocycles. The predicted octanol–water partition coefficient (Wildman–Crippen LogP) is 1.09. The first-order valence-corrected chi connectivity index (χ1v) is 5.51. The van der Waals surface area contributed by atoms with E-state index in [-0.39, 0.29) is 5.91 Å². The van der Waals surface area contributed by atoms with E-state index >= 15 is 0 Å². The van der Waals surface area contributed by atoms with Crippen LogP contribution >= 0.6 is 0 Å². The molecule has 0 saturated heterocycles. The number of amides is 1. The van der Waals surface area contributed by atoms with Crippen molar-refractivity contribution in [3.63, 3.8) is 0 Å². The van der Waals surface area contributed by atoms with Crippen molar-refractivity contribution in [3.05, 3.63) is 23.8 Å². The monoisotopic (exact) mass is 209 g/mol. The third kappa shape index (κ3) is 3.88. The van der Waals surface area contributed by atoms with Crippen molar-refractivity contribution in [2.75, 3.05) is 33.7 Å². The van der Waals surface area contributed by atoms with Gasteiger partial charge in [-0.25, -0.2) is 0 Å². The van der Waals surface area contributed by atoms with Crippen LogP contribution in [0, 0.1) is 0 Å². The van der Waals surface area contributed by atoms with Crippen LogP contribution in [0.5, 0.6) is 0 Å². The topological polar surface area (TPSA) is 29.1 Å². The summed E-state index contributed by atoms with van der Waals surface area (Å²) >= 11 is 0. The lowest BCUT2D eigenvalue weighted by molar-refractivity contribution is -0.887. The van der Waals surface area contributed by atoms with Gasteiger partial charge in [0.15, 0.2) is 0 Å². The van der Waals surface area contributed by atoms with Crippen LogP contribution in [-0.2, 0) is 4.79 Å². The van der Waals surface area contributed by atoms with E-state index in [1.807, 2.05) is 18.2 Å². The first-order valence-electron chi connectivity index (χ1n) is 5.51. The molecule has 0 aliphatic heterocycles. The summed E-state index contributed by atoms with van der Waals surface area (Å²) in [6, 6.07) is 0. The fourth-order valence-electron chi connectivity index (χ4n) is 1.36. The molecular weight excluding hydrogens is 188 g/mol. The Morgan fingerprint density at radius 2 is 2.27 bits per heavy atom. The van der Waals surface area contributed by atoms with Crippen molar-refractivity contribution in [1.82, 2.24) is 5.32 Å². The van der Waals surface area contributed by atoms with E-state index in [1.54, 1.807) is 0 Å². The molecule has 1 aliphatic rings. The molecule has 0 heterocycles. The third-order valence-electron chi connectivity index (χ3n) is 2.92. The smallest absolute Gasteiger partial charge is 0.247 e. The van der Waals surface area contributed by atoms with Crippen molar-refractivity contribution in [2.24, 2.45) is 0 Å². The van der Waals surface area contributed by atoms with Crippen molar-refractivity contribution in [3.8, 4) is 0 Å². The maximum atomic E-state index is 11.6. The summed E-state index contributed by atoms with van der Waals surface area (Å²) in [5.41, 5.74) is 0.872. The van der Waals surface area contributed by atoms with E-state index in [9.17, 15) is 4.79 Å². The van der Waals surface area contributed by atoms with Gasteiger partial charge >= 0.3 is 0 Å². The van der Waals surface area contributed by atoms with E-state index in [2.05, 4.69) is 26.3 Å². The molecule has 15 heavy (non-hydrogen) atoms. The number of carbonyl (C=O) groups is 1. The van der Waals surface area contributed by atoms with Crippen LogP contribution in [0.15, 0.2) is 23.8 Å². The van der Waals surface area contributed by atoms with Crippen LogP contribution in [0.3, 0.4) is 0 Å². The Morgan fingerprint density at radius 1 is 1.53 bits per heavy atom. The highest BCUT2D eigenvalue weighted by Gasteiger charge is 2.13. The Hall–Kier alpha value is -1.09. The minimum absolute atomic E-state index is 0.0797. The lowest BCUT2D eigenvalue weighted by Gasteiger charge is -2.28. The van der Waals surface area contributed by atoms with Gasteiger partial charge in [0.1, 0.15) is 0 Å². The van der Waals surface area contributed by atoms with Crippen molar-refractivity contribution in [2.45, 2.75) is 13.3 Å². The van der Waals surface area contributed by atoms with Gasteiger partial charge < -0.3 is 9.80 Å². The van der Waals surface area contributed by atoms with Gasteiger partial charge in [-0.2, -0.15) is 0 Å². The molecule has 0 aromatic carbocycles. The molecule has 0 fully saturated rings. The van der Waals surface area contributed by atoms with Gasteiger partial charge in [0.25, 0.3) is 0 Å². The number of carbonyl (C=O) groups excluding carboxylic acids is 1. The highest BCUT2D eigenvalue weighted by Crippen LogP contribution is 2.09. The highest BCUT2D eigenvalue weighted by molar-refractivity contribution is 5.94. The molecule has 1 rings (SSSR count).